The van der Waals surface area contributed by atoms with Crippen LogP contribution in [-0.2, 0) is 21.2 Å². The summed E-state index contributed by atoms with van der Waals surface area (Å²) in [6.07, 6.45) is 0. The molecule has 0 radical (unpaired) electrons. The molecule has 2 atom stereocenters. The van der Waals surface area contributed by atoms with E-state index in [-0.39, 0.29) is 28.7 Å². The van der Waals surface area contributed by atoms with Crippen molar-refractivity contribution in [1.29, 1.82) is 0 Å². The summed E-state index contributed by atoms with van der Waals surface area (Å²) in [6, 6.07) is 7.16. The van der Waals surface area contributed by atoms with Gasteiger partial charge in [0.1, 0.15) is 5.88 Å². The molecule has 0 spiro atoms. The van der Waals surface area contributed by atoms with E-state index in [1.807, 2.05) is 17.0 Å². The first-order valence-corrected chi connectivity index (χ1v) is 10.5. The molecule has 2 fully saturated rings. The van der Waals surface area contributed by atoms with Gasteiger partial charge in [0.15, 0.2) is 15.0 Å². The van der Waals surface area contributed by atoms with Crippen LogP contribution in [0.3, 0.4) is 0 Å². The molecule has 9 heteroatoms. The number of fused-ring (bicyclic) bond motifs is 1. The van der Waals surface area contributed by atoms with E-state index in [2.05, 4.69) is 4.99 Å². The third-order valence-electron chi connectivity index (χ3n) is 3.78. The molecule has 2 aliphatic heterocycles. The van der Waals surface area contributed by atoms with Crippen LogP contribution in [0.5, 0.6) is 0 Å². The zero-order valence-electron chi connectivity index (χ0n) is 12.0. The maximum atomic E-state index is 11.9. The van der Waals surface area contributed by atoms with Crippen LogP contribution in [0.2, 0.25) is 5.02 Å². The molecule has 0 saturated carbocycles. The summed E-state index contributed by atoms with van der Waals surface area (Å²) in [5, 5.41) is 1.10. The molecule has 1 amide bonds. The molecule has 0 bridgehead atoms. The van der Waals surface area contributed by atoms with Crippen molar-refractivity contribution >= 4 is 55.9 Å². The van der Waals surface area contributed by atoms with Crippen molar-refractivity contribution < 1.29 is 13.2 Å². The summed E-state index contributed by atoms with van der Waals surface area (Å²) >= 11 is 12.8. The summed E-state index contributed by atoms with van der Waals surface area (Å²) in [7, 11) is -3.04. The second-order valence-electron chi connectivity index (χ2n) is 5.48. The van der Waals surface area contributed by atoms with E-state index in [0.29, 0.717) is 16.7 Å². The summed E-state index contributed by atoms with van der Waals surface area (Å²) < 4.78 is 23.8. The lowest BCUT2D eigenvalue weighted by molar-refractivity contribution is -0.115. The van der Waals surface area contributed by atoms with Crippen LogP contribution in [-0.4, -0.2) is 53.1 Å². The predicted molar refractivity (Wildman–Crippen MR) is 94.0 cm³/mol. The van der Waals surface area contributed by atoms with Gasteiger partial charge in [-0.15, -0.1) is 11.6 Å². The first-order valence-electron chi connectivity index (χ1n) is 6.93. The lowest BCUT2D eigenvalue weighted by Gasteiger charge is -2.24. The predicted octanol–water partition coefficient (Wildman–Crippen LogP) is 2.18. The maximum absolute atomic E-state index is 11.9. The van der Waals surface area contributed by atoms with Crippen LogP contribution in [0.1, 0.15) is 5.56 Å². The van der Waals surface area contributed by atoms with Crippen molar-refractivity contribution in [1.82, 2.24) is 4.90 Å². The molecule has 2 heterocycles. The molecule has 23 heavy (non-hydrogen) atoms. The van der Waals surface area contributed by atoms with Gasteiger partial charge in [-0.1, -0.05) is 35.5 Å². The molecule has 0 unspecified atom stereocenters. The average molecular weight is 393 g/mol. The average Bonchev–Trinajstić information content (AvgIpc) is 2.94. The Labute approximate surface area is 149 Å². The standard InChI is InChI=1S/C14H14Cl2N2O3S2/c15-5-13(19)17-14-18(6-9-1-3-10(16)4-2-9)11-7-23(20,21)8-12(11)22-14/h1-4,11-12H,5-8H2/t11-,12+/m0/s1. The van der Waals surface area contributed by atoms with Gasteiger partial charge in [0.25, 0.3) is 5.91 Å². The SMILES string of the molecule is O=C(CCl)N=C1S[C@@H]2CS(=O)(=O)C[C@@H]2N1Cc1ccc(Cl)cc1. The van der Waals surface area contributed by atoms with E-state index in [1.54, 1.807) is 12.1 Å². The first-order chi connectivity index (χ1) is 10.9. The van der Waals surface area contributed by atoms with Gasteiger partial charge >= 0.3 is 0 Å². The molecule has 2 aliphatic rings. The molecular formula is C14H14Cl2N2O3S2. The number of carbonyl (C=O) groups is 1. The summed E-state index contributed by atoms with van der Waals surface area (Å²) in [5.41, 5.74) is 0.978. The summed E-state index contributed by atoms with van der Waals surface area (Å²) in [5.74, 6) is -0.398. The Morgan fingerprint density at radius 2 is 2.00 bits per heavy atom. The number of amides is 1. The number of benzene rings is 1. The second kappa shape index (κ2) is 6.63. The number of nitrogens with zero attached hydrogens (tertiary/aromatic N) is 2. The zero-order chi connectivity index (χ0) is 16.6. The molecule has 0 aromatic heterocycles. The lowest BCUT2D eigenvalue weighted by Crippen LogP contribution is -2.37. The number of alkyl halides is 1. The monoisotopic (exact) mass is 392 g/mol. The van der Waals surface area contributed by atoms with Crippen LogP contribution in [0.4, 0.5) is 0 Å². The Hall–Kier alpha value is -0.760. The van der Waals surface area contributed by atoms with Crippen molar-refractivity contribution in [2.45, 2.75) is 17.8 Å². The number of halogens is 2. The Balaban J connectivity index is 1.88. The summed E-state index contributed by atoms with van der Waals surface area (Å²) in [6.45, 7) is 0.481. The molecular weight excluding hydrogens is 379 g/mol. The highest BCUT2D eigenvalue weighted by molar-refractivity contribution is 8.15. The normalized spacial score (nSPS) is 27.4. The van der Waals surface area contributed by atoms with Gasteiger partial charge in [0, 0.05) is 16.8 Å². The number of carbonyl (C=O) groups excluding carboxylic acids is 1. The fraction of sp³-hybridized carbons (Fsp3) is 0.429. The van der Waals surface area contributed by atoms with E-state index in [4.69, 9.17) is 23.2 Å². The van der Waals surface area contributed by atoms with Crippen LogP contribution in [0.25, 0.3) is 0 Å². The van der Waals surface area contributed by atoms with Crippen molar-refractivity contribution in [3.05, 3.63) is 34.9 Å². The lowest BCUT2D eigenvalue weighted by atomic mass is 10.1. The van der Waals surface area contributed by atoms with Gasteiger partial charge in [-0.2, -0.15) is 4.99 Å². The van der Waals surface area contributed by atoms with Gasteiger partial charge in [-0.05, 0) is 17.7 Å². The fourth-order valence-electron chi connectivity index (χ4n) is 2.74. The second-order valence-corrected chi connectivity index (χ2v) is 9.54. The molecule has 2 saturated heterocycles. The summed E-state index contributed by atoms with van der Waals surface area (Å²) in [4.78, 5) is 17.5. The molecule has 3 rings (SSSR count). The third kappa shape index (κ3) is 3.84. The minimum absolute atomic E-state index is 0.0887. The van der Waals surface area contributed by atoms with E-state index in [0.717, 1.165) is 5.56 Å². The molecule has 1 aromatic rings. The first kappa shape index (κ1) is 17.1. The van der Waals surface area contributed by atoms with Crippen molar-refractivity contribution in [2.24, 2.45) is 4.99 Å². The van der Waals surface area contributed by atoms with Gasteiger partial charge in [0.2, 0.25) is 0 Å². The quantitative estimate of drug-likeness (QED) is 0.737. The number of sulfone groups is 1. The Kier molecular flexibility index (Phi) is 4.92. The minimum Gasteiger partial charge on any atom is -0.342 e. The van der Waals surface area contributed by atoms with Crippen molar-refractivity contribution in [2.75, 3.05) is 17.4 Å². The van der Waals surface area contributed by atoms with Gasteiger partial charge in [0.05, 0.1) is 17.5 Å². The van der Waals surface area contributed by atoms with Gasteiger partial charge in [-0.25, -0.2) is 8.42 Å². The third-order valence-corrected chi connectivity index (χ3v) is 7.50. The number of thioether (sulfide) groups is 1. The van der Waals surface area contributed by atoms with E-state index < -0.39 is 15.7 Å². The Morgan fingerprint density at radius 3 is 2.65 bits per heavy atom. The number of hydrogen-bond acceptors (Lipinski definition) is 4. The number of rotatable bonds is 3. The molecule has 5 nitrogen and oxygen atoms in total. The van der Waals surface area contributed by atoms with E-state index in [9.17, 15) is 13.2 Å². The topological polar surface area (TPSA) is 66.8 Å². The molecule has 124 valence electrons. The molecule has 1 aromatic carbocycles. The van der Waals surface area contributed by atoms with Crippen molar-refractivity contribution in [3.63, 3.8) is 0 Å². The largest absolute Gasteiger partial charge is 0.342 e. The maximum Gasteiger partial charge on any atom is 0.262 e. The van der Waals surface area contributed by atoms with Crippen molar-refractivity contribution in [3.8, 4) is 0 Å². The highest BCUT2D eigenvalue weighted by Crippen LogP contribution is 2.39. The molecule has 0 N–H and O–H groups in total. The van der Waals surface area contributed by atoms with Gasteiger partial charge in [-0.3, -0.25) is 4.79 Å². The number of amidine groups is 1. The smallest absolute Gasteiger partial charge is 0.262 e. The molecule has 0 aliphatic carbocycles. The van der Waals surface area contributed by atoms with Crippen LogP contribution >= 0.6 is 35.0 Å². The highest BCUT2D eigenvalue weighted by Gasteiger charge is 2.48. The fourth-order valence-corrected chi connectivity index (χ4v) is 6.90. The Bertz CT molecular complexity index is 750. The minimum atomic E-state index is -3.04. The van der Waals surface area contributed by atoms with Gasteiger partial charge < -0.3 is 4.90 Å². The Morgan fingerprint density at radius 1 is 1.30 bits per heavy atom. The highest BCUT2D eigenvalue weighted by atomic mass is 35.5. The van der Waals surface area contributed by atoms with Crippen LogP contribution in [0.15, 0.2) is 29.3 Å². The number of hydrogen-bond donors (Lipinski definition) is 0. The van der Waals surface area contributed by atoms with Crippen LogP contribution in [0, 0.1) is 0 Å². The van der Waals surface area contributed by atoms with Crippen LogP contribution < -0.4 is 0 Å². The van der Waals surface area contributed by atoms with E-state index in [1.165, 1.54) is 11.8 Å². The van der Waals surface area contributed by atoms with E-state index >= 15 is 0 Å². The number of aliphatic imine (C=N–C) groups is 1. The zero-order valence-corrected chi connectivity index (χ0v) is 15.1.